The Morgan fingerprint density at radius 3 is 2.32 bits per heavy atom. The van der Waals surface area contributed by atoms with Crippen LogP contribution in [0.2, 0.25) is 0 Å². The van der Waals surface area contributed by atoms with Gasteiger partial charge in [0.15, 0.2) is 0 Å². The highest BCUT2D eigenvalue weighted by molar-refractivity contribution is 7.89. The van der Waals surface area contributed by atoms with Crippen LogP contribution in [0, 0.1) is 19.8 Å². The number of aryl methyl sites for hydroxylation is 1. The minimum Gasteiger partial charge on any atom is -0.478 e. The molecule has 1 aromatic rings. The highest BCUT2D eigenvalue weighted by Crippen LogP contribution is 2.21. The molecule has 0 radical (unpaired) electrons. The predicted molar refractivity (Wildman–Crippen MR) is 80.8 cm³/mol. The number of hydrazine groups is 1. The van der Waals surface area contributed by atoms with Crippen molar-refractivity contribution >= 4 is 21.9 Å². The second kappa shape index (κ2) is 6.89. The number of carbonyl (C=O) groups excluding carboxylic acids is 1. The maximum atomic E-state index is 12.3. The number of carboxylic acids is 1. The fraction of sp³-hybridized carbons (Fsp3) is 0.429. The Morgan fingerprint density at radius 1 is 1.23 bits per heavy atom. The summed E-state index contributed by atoms with van der Waals surface area (Å²) in [7, 11) is -4.05. The molecule has 0 spiro atoms. The highest BCUT2D eigenvalue weighted by atomic mass is 32.2. The number of sulfonamides is 1. The number of hydrogen-bond donors (Lipinski definition) is 3. The minimum absolute atomic E-state index is 0.0869. The third-order valence-corrected chi connectivity index (χ3v) is 4.45. The molecule has 7 nitrogen and oxygen atoms in total. The molecule has 0 bridgehead atoms. The van der Waals surface area contributed by atoms with Gasteiger partial charge < -0.3 is 5.11 Å². The molecule has 0 saturated heterocycles. The van der Waals surface area contributed by atoms with Crippen LogP contribution < -0.4 is 10.3 Å². The van der Waals surface area contributed by atoms with Gasteiger partial charge in [0.05, 0.1) is 10.5 Å². The number of rotatable bonds is 6. The maximum absolute atomic E-state index is 12.3. The van der Waals surface area contributed by atoms with Crippen molar-refractivity contribution < 1.29 is 23.1 Å². The van der Waals surface area contributed by atoms with Crippen molar-refractivity contribution in [1.82, 2.24) is 10.3 Å². The lowest BCUT2D eigenvalue weighted by atomic mass is 10.1. The molecule has 0 aliphatic carbocycles. The summed E-state index contributed by atoms with van der Waals surface area (Å²) in [6, 6.07) is 2.47. The average molecular weight is 328 g/mol. The summed E-state index contributed by atoms with van der Waals surface area (Å²) >= 11 is 0. The number of carbonyl (C=O) groups is 2. The van der Waals surface area contributed by atoms with Crippen LogP contribution in [0.4, 0.5) is 0 Å². The number of carboxylic acid groups (broad SMARTS) is 1. The smallest absolute Gasteiger partial charge is 0.335 e. The zero-order valence-corrected chi connectivity index (χ0v) is 13.7. The lowest BCUT2D eigenvalue weighted by molar-refractivity contribution is -0.122. The van der Waals surface area contributed by atoms with E-state index < -0.39 is 21.9 Å². The van der Waals surface area contributed by atoms with Gasteiger partial charge in [-0.3, -0.25) is 10.2 Å². The van der Waals surface area contributed by atoms with Crippen LogP contribution in [0.5, 0.6) is 0 Å². The molecule has 0 saturated carbocycles. The largest absolute Gasteiger partial charge is 0.478 e. The molecule has 0 aromatic heterocycles. The molecule has 1 aromatic carbocycles. The maximum Gasteiger partial charge on any atom is 0.335 e. The molecule has 22 heavy (non-hydrogen) atoms. The standard InChI is InChI=1S/C14H20N2O5S/c1-8(2)5-13(17)15-16-22(20,21)12-7-11(14(18)19)6-9(3)10(12)4/h6-8,16H,5H2,1-4H3,(H,15,17)(H,18,19). The predicted octanol–water partition coefficient (Wildman–Crippen LogP) is 1.36. The molecule has 0 unspecified atom stereocenters. The van der Waals surface area contributed by atoms with Gasteiger partial charge in [-0.25, -0.2) is 13.2 Å². The lowest BCUT2D eigenvalue weighted by Crippen LogP contribution is -2.42. The minimum atomic E-state index is -4.05. The number of amides is 1. The van der Waals surface area contributed by atoms with E-state index in [0.29, 0.717) is 11.1 Å². The molecule has 0 fully saturated rings. The van der Waals surface area contributed by atoms with Gasteiger partial charge in [-0.05, 0) is 43.0 Å². The van der Waals surface area contributed by atoms with Crippen molar-refractivity contribution in [2.45, 2.75) is 39.0 Å². The average Bonchev–Trinajstić information content (AvgIpc) is 2.38. The molecule has 1 rings (SSSR count). The topological polar surface area (TPSA) is 113 Å². The molecule has 0 atom stereocenters. The van der Waals surface area contributed by atoms with Gasteiger partial charge in [-0.2, -0.15) is 0 Å². The van der Waals surface area contributed by atoms with Gasteiger partial charge >= 0.3 is 5.97 Å². The van der Waals surface area contributed by atoms with Gasteiger partial charge in [-0.15, -0.1) is 4.83 Å². The summed E-state index contributed by atoms with van der Waals surface area (Å²) in [4.78, 5) is 24.4. The zero-order chi connectivity index (χ0) is 17.1. The Hall–Kier alpha value is -1.93. The van der Waals surface area contributed by atoms with E-state index >= 15 is 0 Å². The summed E-state index contributed by atoms with van der Waals surface area (Å²) < 4.78 is 24.5. The van der Waals surface area contributed by atoms with E-state index in [0.717, 1.165) is 6.07 Å². The quantitative estimate of drug-likeness (QED) is 0.682. The molecule has 0 aliphatic heterocycles. The van der Waals surface area contributed by atoms with Gasteiger partial charge in [-0.1, -0.05) is 13.8 Å². The van der Waals surface area contributed by atoms with Crippen LogP contribution >= 0.6 is 0 Å². The normalized spacial score (nSPS) is 11.5. The van der Waals surface area contributed by atoms with Gasteiger partial charge in [0, 0.05) is 6.42 Å². The second-order valence-electron chi connectivity index (χ2n) is 5.47. The highest BCUT2D eigenvalue weighted by Gasteiger charge is 2.21. The van der Waals surface area contributed by atoms with E-state index in [1.807, 2.05) is 18.7 Å². The second-order valence-corrected chi connectivity index (χ2v) is 7.12. The summed E-state index contributed by atoms with van der Waals surface area (Å²) in [5, 5.41) is 9.02. The first-order valence-corrected chi connectivity index (χ1v) is 8.18. The molecule has 122 valence electrons. The van der Waals surface area contributed by atoms with Crippen molar-refractivity contribution in [3.8, 4) is 0 Å². The summed E-state index contributed by atoms with van der Waals surface area (Å²) in [5.74, 6) is -1.59. The van der Waals surface area contributed by atoms with Crippen molar-refractivity contribution in [2.75, 3.05) is 0 Å². The molecule has 0 heterocycles. The summed E-state index contributed by atoms with van der Waals surface area (Å²) in [5.41, 5.74) is 2.96. The molecule has 3 N–H and O–H groups in total. The Bertz CT molecular complexity index is 695. The number of aromatic carboxylic acids is 1. The van der Waals surface area contributed by atoms with E-state index in [2.05, 4.69) is 5.43 Å². The third kappa shape index (κ3) is 4.54. The monoisotopic (exact) mass is 328 g/mol. The Labute approximate surface area is 129 Å². The number of benzene rings is 1. The van der Waals surface area contributed by atoms with Crippen LogP contribution in [0.15, 0.2) is 17.0 Å². The Kier molecular flexibility index (Phi) is 5.67. The van der Waals surface area contributed by atoms with E-state index in [1.54, 1.807) is 13.8 Å². The fourth-order valence-corrected chi connectivity index (χ4v) is 3.03. The molecular weight excluding hydrogens is 308 g/mol. The lowest BCUT2D eigenvalue weighted by Gasteiger charge is -2.13. The SMILES string of the molecule is Cc1cc(C(=O)O)cc(S(=O)(=O)NNC(=O)CC(C)C)c1C. The molecule has 1 amide bonds. The van der Waals surface area contributed by atoms with Gasteiger partial charge in [0.1, 0.15) is 0 Å². The third-order valence-electron chi connectivity index (χ3n) is 3.07. The summed E-state index contributed by atoms with van der Waals surface area (Å²) in [6.07, 6.45) is 0.176. The fourth-order valence-electron chi connectivity index (χ4n) is 1.83. The molecule has 8 heteroatoms. The van der Waals surface area contributed by atoms with Gasteiger partial charge in [0.2, 0.25) is 5.91 Å². The van der Waals surface area contributed by atoms with Crippen LogP contribution in [-0.2, 0) is 14.8 Å². The zero-order valence-electron chi connectivity index (χ0n) is 12.9. The first kappa shape index (κ1) is 18.1. The molecule has 0 aliphatic rings. The van der Waals surface area contributed by atoms with Crippen LogP contribution in [0.3, 0.4) is 0 Å². The number of nitrogens with one attached hydrogen (secondary N) is 2. The van der Waals surface area contributed by atoms with Crippen molar-refractivity contribution in [1.29, 1.82) is 0 Å². The van der Waals surface area contributed by atoms with Crippen LogP contribution in [0.1, 0.15) is 41.8 Å². The number of hydrogen-bond acceptors (Lipinski definition) is 4. The van der Waals surface area contributed by atoms with E-state index in [4.69, 9.17) is 5.11 Å². The van der Waals surface area contributed by atoms with E-state index in [1.165, 1.54) is 6.07 Å². The van der Waals surface area contributed by atoms with E-state index in [-0.39, 0.29) is 22.8 Å². The van der Waals surface area contributed by atoms with Crippen molar-refractivity contribution in [3.63, 3.8) is 0 Å². The molecular formula is C14H20N2O5S. The van der Waals surface area contributed by atoms with Gasteiger partial charge in [0.25, 0.3) is 10.0 Å². The Balaban J connectivity index is 3.07. The van der Waals surface area contributed by atoms with Crippen molar-refractivity contribution in [2.24, 2.45) is 5.92 Å². The van der Waals surface area contributed by atoms with Crippen molar-refractivity contribution in [3.05, 3.63) is 28.8 Å². The van der Waals surface area contributed by atoms with E-state index in [9.17, 15) is 18.0 Å². The van der Waals surface area contributed by atoms with Crippen LogP contribution in [0.25, 0.3) is 0 Å². The first-order valence-electron chi connectivity index (χ1n) is 6.69. The van der Waals surface area contributed by atoms with Crippen LogP contribution in [-0.4, -0.2) is 25.4 Å². The summed E-state index contributed by atoms with van der Waals surface area (Å²) in [6.45, 7) is 6.86. The Morgan fingerprint density at radius 2 is 1.82 bits per heavy atom. The first-order chi connectivity index (χ1) is 10.0.